The maximum Gasteiger partial charge on any atom is 0.379 e. The molecule has 0 aliphatic carbocycles. The first-order valence-corrected chi connectivity index (χ1v) is 18.5. The van der Waals surface area contributed by atoms with Crippen molar-refractivity contribution >= 4 is 17.7 Å². The summed E-state index contributed by atoms with van der Waals surface area (Å²) in [5.74, 6) is -1.95. The van der Waals surface area contributed by atoms with Gasteiger partial charge in [0.2, 0.25) is 0 Å². The molecular formula is C39H58O16. The summed E-state index contributed by atoms with van der Waals surface area (Å²) in [4.78, 5) is 35.4. The van der Waals surface area contributed by atoms with Crippen LogP contribution in [-0.2, 0) is 66.4 Å². The van der Waals surface area contributed by atoms with E-state index in [0.717, 1.165) is 0 Å². The van der Waals surface area contributed by atoms with Crippen molar-refractivity contribution in [2.75, 3.05) is 159 Å². The minimum Gasteiger partial charge on any atom is -0.460 e. The molecule has 0 aliphatic rings. The zero-order chi connectivity index (χ0) is 39.1. The van der Waals surface area contributed by atoms with Crippen LogP contribution in [0.15, 0.2) is 60.7 Å². The van der Waals surface area contributed by atoms with Crippen molar-refractivity contribution in [3.05, 3.63) is 71.8 Å². The molecule has 16 nitrogen and oxygen atoms in total. The number of rotatable bonds is 39. The third kappa shape index (κ3) is 28.6. The molecular weight excluding hydrogens is 724 g/mol. The van der Waals surface area contributed by atoms with Crippen LogP contribution < -0.4 is 0 Å². The molecule has 0 spiro atoms. The number of carbonyl (C=O) groups excluding carboxylic acids is 3. The minimum atomic E-state index is -0.902. The van der Waals surface area contributed by atoms with E-state index in [1.54, 1.807) is 54.6 Å². The van der Waals surface area contributed by atoms with E-state index in [0.29, 0.717) is 150 Å². The standard InChI is InChI=1S/C39H58O16/c40-37(35-7-3-1-4-8-35)39(42)55-34-32-53-30-28-51-26-24-49-22-20-47-18-16-45-14-12-43-11-13-44-15-17-46-19-21-48-23-25-50-27-29-52-31-33-54-38(41)36-9-5-2-6-10-36/h1-10H,11-34H2. The smallest absolute Gasteiger partial charge is 0.379 e. The van der Waals surface area contributed by atoms with Gasteiger partial charge in [-0.25, -0.2) is 9.59 Å². The van der Waals surface area contributed by atoms with Crippen molar-refractivity contribution in [2.45, 2.75) is 0 Å². The Balaban J connectivity index is 1.15. The van der Waals surface area contributed by atoms with E-state index in [1.807, 2.05) is 6.07 Å². The Morgan fingerprint density at radius 1 is 0.291 bits per heavy atom. The van der Waals surface area contributed by atoms with E-state index in [-0.39, 0.29) is 25.8 Å². The molecule has 2 aromatic carbocycles. The molecule has 55 heavy (non-hydrogen) atoms. The fourth-order valence-corrected chi connectivity index (χ4v) is 4.12. The summed E-state index contributed by atoms with van der Waals surface area (Å²) in [5, 5.41) is 0. The van der Waals surface area contributed by atoms with E-state index in [9.17, 15) is 14.4 Å². The highest BCUT2D eigenvalue weighted by Crippen LogP contribution is 2.02. The lowest BCUT2D eigenvalue weighted by molar-refractivity contribution is -0.139. The van der Waals surface area contributed by atoms with E-state index < -0.39 is 11.8 Å². The summed E-state index contributed by atoms with van der Waals surface area (Å²) in [5.41, 5.74) is 0.809. The monoisotopic (exact) mass is 782 g/mol. The van der Waals surface area contributed by atoms with Crippen molar-refractivity contribution in [1.82, 2.24) is 0 Å². The Kier molecular flexibility index (Phi) is 31.5. The van der Waals surface area contributed by atoms with Gasteiger partial charge in [0.1, 0.15) is 13.2 Å². The summed E-state index contributed by atoms with van der Waals surface area (Å²) in [6, 6.07) is 17.1. The van der Waals surface area contributed by atoms with Gasteiger partial charge in [-0.05, 0) is 12.1 Å². The lowest BCUT2D eigenvalue weighted by Crippen LogP contribution is -2.20. The van der Waals surface area contributed by atoms with Crippen LogP contribution in [0.4, 0.5) is 0 Å². The Bertz CT molecular complexity index is 1190. The number of benzene rings is 2. The van der Waals surface area contributed by atoms with Crippen molar-refractivity contribution in [2.24, 2.45) is 0 Å². The van der Waals surface area contributed by atoms with Crippen molar-refractivity contribution in [1.29, 1.82) is 0 Å². The Hall–Kier alpha value is -3.39. The fraction of sp³-hybridized carbons (Fsp3) is 0.615. The fourth-order valence-electron chi connectivity index (χ4n) is 4.12. The maximum atomic E-state index is 11.9. The quantitative estimate of drug-likeness (QED) is 0.0419. The van der Waals surface area contributed by atoms with Crippen LogP contribution in [0.3, 0.4) is 0 Å². The number of ether oxygens (including phenoxy) is 13. The number of esters is 2. The predicted octanol–water partition coefficient (Wildman–Crippen LogP) is 2.45. The maximum absolute atomic E-state index is 11.9. The van der Waals surface area contributed by atoms with Gasteiger partial charge in [0, 0.05) is 5.56 Å². The molecule has 0 radical (unpaired) electrons. The van der Waals surface area contributed by atoms with Crippen molar-refractivity contribution < 1.29 is 76.0 Å². The molecule has 0 aromatic heterocycles. The van der Waals surface area contributed by atoms with E-state index in [4.69, 9.17) is 61.6 Å². The molecule has 16 heteroatoms. The largest absolute Gasteiger partial charge is 0.460 e. The second kappa shape index (κ2) is 36.3. The second-order valence-electron chi connectivity index (χ2n) is 11.1. The zero-order valence-corrected chi connectivity index (χ0v) is 31.8. The molecule has 0 saturated carbocycles. The number of hydrogen-bond donors (Lipinski definition) is 0. The number of ketones is 1. The first kappa shape index (κ1) is 47.8. The summed E-state index contributed by atoms with van der Waals surface area (Å²) >= 11 is 0. The van der Waals surface area contributed by atoms with Gasteiger partial charge in [-0.2, -0.15) is 0 Å². The molecule has 2 rings (SSSR count). The van der Waals surface area contributed by atoms with Gasteiger partial charge in [0.25, 0.3) is 5.78 Å². The summed E-state index contributed by atoms with van der Waals surface area (Å²) in [6.45, 7) is 9.56. The van der Waals surface area contributed by atoms with Gasteiger partial charge in [-0.1, -0.05) is 48.5 Å². The van der Waals surface area contributed by atoms with Gasteiger partial charge in [-0.3, -0.25) is 4.79 Å². The lowest BCUT2D eigenvalue weighted by atomic mass is 10.1. The highest BCUT2D eigenvalue weighted by molar-refractivity contribution is 6.40. The van der Waals surface area contributed by atoms with E-state index in [1.165, 1.54) is 0 Å². The van der Waals surface area contributed by atoms with Crippen molar-refractivity contribution in [3.8, 4) is 0 Å². The van der Waals surface area contributed by atoms with Crippen LogP contribution in [0.5, 0.6) is 0 Å². The molecule has 0 amide bonds. The molecule has 0 N–H and O–H groups in total. The third-order valence-electron chi connectivity index (χ3n) is 6.87. The van der Waals surface area contributed by atoms with Gasteiger partial charge >= 0.3 is 11.9 Å². The lowest BCUT2D eigenvalue weighted by Gasteiger charge is -2.09. The molecule has 0 aliphatic heterocycles. The SMILES string of the molecule is O=C(OCCOCCOCCOCCOCCOCCOCCOCCOCCOCCOCCOCCOC(=O)c1ccccc1)C(=O)c1ccccc1. The van der Waals surface area contributed by atoms with Crippen molar-refractivity contribution in [3.63, 3.8) is 0 Å². The first-order chi connectivity index (χ1) is 27.2. The molecule has 0 unspecified atom stereocenters. The van der Waals surface area contributed by atoms with Crippen LogP contribution in [0.2, 0.25) is 0 Å². The molecule has 310 valence electrons. The number of hydrogen-bond acceptors (Lipinski definition) is 16. The Morgan fingerprint density at radius 2 is 0.527 bits per heavy atom. The summed E-state index contributed by atoms with van der Waals surface area (Å²) in [7, 11) is 0. The molecule has 0 saturated heterocycles. The predicted molar refractivity (Wildman–Crippen MR) is 197 cm³/mol. The summed E-state index contributed by atoms with van der Waals surface area (Å²) < 4.78 is 69.9. The Morgan fingerprint density at radius 3 is 0.818 bits per heavy atom. The minimum absolute atomic E-state index is 0.00875. The normalized spacial score (nSPS) is 11.1. The molecule has 0 fully saturated rings. The van der Waals surface area contributed by atoms with Crippen LogP contribution in [0.1, 0.15) is 20.7 Å². The number of Topliss-reactive ketones (excluding diaryl/α,β-unsaturated/α-hetero) is 1. The third-order valence-corrected chi connectivity index (χ3v) is 6.87. The molecule has 0 heterocycles. The van der Waals surface area contributed by atoms with Gasteiger partial charge in [0.05, 0.1) is 151 Å². The molecule has 0 atom stereocenters. The van der Waals surface area contributed by atoms with Crippen LogP contribution in [0.25, 0.3) is 0 Å². The average molecular weight is 783 g/mol. The van der Waals surface area contributed by atoms with Crippen LogP contribution >= 0.6 is 0 Å². The average Bonchev–Trinajstić information content (AvgIpc) is 3.22. The highest BCUT2D eigenvalue weighted by Gasteiger charge is 2.17. The van der Waals surface area contributed by atoms with Gasteiger partial charge in [-0.15, -0.1) is 0 Å². The molecule has 0 bridgehead atoms. The number of carbonyl (C=O) groups is 3. The zero-order valence-electron chi connectivity index (χ0n) is 31.8. The summed E-state index contributed by atoms with van der Waals surface area (Å²) in [6.07, 6.45) is 0. The second-order valence-corrected chi connectivity index (χ2v) is 11.1. The van der Waals surface area contributed by atoms with Gasteiger partial charge < -0.3 is 61.6 Å². The molecule has 2 aromatic rings. The van der Waals surface area contributed by atoms with E-state index in [2.05, 4.69) is 0 Å². The van der Waals surface area contributed by atoms with Crippen LogP contribution in [0, 0.1) is 0 Å². The van der Waals surface area contributed by atoms with Gasteiger partial charge in [0.15, 0.2) is 0 Å². The van der Waals surface area contributed by atoms with E-state index >= 15 is 0 Å². The first-order valence-electron chi connectivity index (χ1n) is 18.5. The highest BCUT2D eigenvalue weighted by atomic mass is 16.6. The topological polar surface area (TPSA) is 171 Å². The van der Waals surface area contributed by atoms with Crippen LogP contribution in [-0.4, -0.2) is 176 Å². The Labute approximate surface area is 323 Å².